The van der Waals surface area contributed by atoms with Crippen molar-refractivity contribution in [3.63, 3.8) is 0 Å². The normalized spacial score (nSPS) is 11.0. The van der Waals surface area contributed by atoms with E-state index in [9.17, 15) is 9.18 Å². The third-order valence-corrected chi connectivity index (χ3v) is 5.33. The summed E-state index contributed by atoms with van der Waals surface area (Å²) in [6, 6.07) is 15.1. The quantitative estimate of drug-likeness (QED) is 0.416. The van der Waals surface area contributed by atoms with E-state index in [-0.39, 0.29) is 12.2 Å². The molecule has 9 nitrogen and oxygen atoms in total. The smallest absolute Gasteiger partial charge is 0.254 e. The zero-order chi connectivity index (χ0) is 23.7. The molecular weight excluding hydrogens is 439 g/mol. The summed E-state index contributed by atoms with van der Waals surface area (Å²) in [5.41, 5.74) is 2.32. The van der Waals surface area contributed by atoms with Crippen molar-refractivity contribution in [2.24, 2.45) is 0 Å². The Bertz CT molecular complexity index is 1530. The zero-order valence-electron chi connectivity index (χ0n) is 18.3. The Labute approximate surface area is 193 Å². The number of rotatable bonds is 6. The van der Waals surface area contributed by atoms with Crippen molar-refractivity contribution in [2.45, 2.75) is 6.61 Å². The van der Waals surface area contributed by atoms with Gasteiger partial charge in [-0.15, -0.1) is 10.2 Å². The average Bonchev–Trinajstić information content (AvgIpc) is 3.29. The number of halogens is 1. The molecule has 0 aliphatic rings. The van der Waals surface area contributed by atoms with Crippen LogP contribution in [0.15, 0.2) is 60.8 Å². The number of carbonyl (C=O) groups excluding carboxylic acids is 1. The van der Waals surface area contributed by atoms with E-state index in [4.69, 9.17) is 9.47 Å². The van der Waals surface area contributed by atoms with Gasteiger partial charge < -0.3 is 14.8 Å². The van der Waals surface area contributed by atoms with Crippen molar-refractivity contribution >= 4 is 22.5 Å². The molecule has 0 radical (unpaired) electrons. The topological polar surface area (TPSA) is 104 Å². The van der Waals surface area contributed by atoms with E-state index < -0.39 is 11.7 Å². The van der Waals surface area contributed by atoms with Gasteiger partial charge in [-0.2, -0.15) is 9.61 Å². The lowest BCUT2D eigenvalue weighted by Gasteiger charge is -2.09. The van der Waals surface area contributed by atoms with Gasteiger partial charge >= 0.3 is 0 Å². The van der Waals surface area contributed by atoms with Crippen LogP contribution in [0.2, 0.25) is 0 Å². The molecule has 0 unspecified atom stereocenters. The van der Waals surface area contributed by atoms with Gasteiger partial charge in [-0.1, -0.05) is 0 Å². The van der Waals surface area contributed by atoms with Gasteiger partial charge in [-0.25, -0.2) is 4.39 Å². The minimum Gasteiger partial charge on any atom is -0.497 e. The SMILES string of the molecule is CNC(=O)c1cc(-c2ccc3nnc(COc4ccnc5cc(OC)ccc45)n3n2)ccc1F. The molecule has 2 aromatic carbocycles. The third kappa shape index (κ3) is 3.85. The van der Waals surface area contributed by atoms with Crippen LogP contribution in [0.25, 0.3) is 27.8 Å². The fourth-order valence-corrected chi connectivity index (χ4v) is 3.57. The highest BCUT2D eigenvalue weighted by Crippen LogP contribution is 2.28. The van der Waals surface area contributed by atoms with Crippen LogP contribution in [0.5, 0.6) is 11.5 Å². The molecule has 1 amide bonds. The van der Waals surface area contributed by atoms with Crippen LogP contribution in [0.3, 0.4) is 0 Å². The maximum absolute atomic E-state index is 14.1. The Balaban J connectivity index is 1.46. The van der Waals surface area contributed by atoms with E-state index >= 15 is 0 Å². The van der Waals surface area contributed by atoms with Crippen molar-refractivity contribution < 1.29 is 18.7 Å². The monoisotopic (exact) mass is 458 g/mol. The molecule has 0 saturated carbocycles. The fraction of sp³-hybridized carbons (Fsp3) is 0.125. The van der Waals surface area contributed by atoms with Crippen molar-refractivity contribution in [1.29, 1.82) is 0 Å². The minimum atomic E-state index is -0.607. The first-order valence-corrected chi connectivity index (χ1v) is 10.4. The molecule has 170 valence electrons. The molecule has 1 N–H and O–H groups in total. The highest BCUT2D eigenvalue weighted by molar-refractivity contribution is 5.95. The molecule has 0 spiro atoms. The number of methoxy groups -OCH3 is 1. The van der Waals surface area contributed by atoms with Crippen LogP contribution in [0, 0.1) is 5.82 Å². The molecule has 5 rings (SSSR count). The molecule has 10 heteroatoms. The Hall–Kier alpha value is -4.60. The lowest BCUT2D eigenvalue weighted by atomic mass is 10.1. The van der Waals surface area contributed by atoms with Crippen molar-refractivity contribution in [3.8, 4) is 22.8 Å². The molecule has 0 bridgehead atoms. The predicted octanol–water partition coefficient (Wildman–Crippen LogP) is 3.43. The first kappa shape index (κ1) is 21.3. The Kier molecular flexibility index (Phi) is 5.46. The molecule has 0 aliphatic heterocycles. The number of pyridine rings is 1. The number of carbonyl (C=O) groups is 1. The van der Waals surface area contributed by atoms with Gasteiger partial charge in [0, 0.05) is 30.3 Å². The van der Waals surface area contributed by atoms with E-state index in [0.717, 1.165) is 10.9 Å². The number of nitrogens with zero attached hydrogens (tertiary/aromatic N) is 5. The predicted molar refractivity (Wildman–Crippen MR) is 122 cm³/mol. The van der Waals surface area contributed by atoms with Gasteiger partial charge in [-0.05, 0) is 48.5 Å². The van der Waals surface area contributed by atoms with Gasteiger partial charge in [-0.3, -0.25) is 9.78 Å². The van der Waals surface area contributed by atoms with Gasteiger partial charge in [0.15, 0.2) is 11.5 Å². The van der Waals surface area contributed by atoms with Crippen LogP contribution in [0.1, 0.15) is 16.2 Å². The maximum atomic E-state index is 14.1. The third-order valence-electron chi connectivity index (χ3n) is 5.33. The van der Waals surface area contributed by atoms with Crippen LogP contribution in [-0.4, -0.2) is 44.9 Å². The standard InChI is InChI=1S/C24H19FN6O3/c1-26-24(32)17-11-14(3-6-18(17)25)19-7-8-22-28-29-23(31(22)30-19)13-34-21-9-10-27-20-12-15(33-2)4-5-16(20)21/h3-12H,13H2,1-2H3,(H,26,32). The van der Waals surface area contributed by atoms with Crippen LogP contribution >= 0.6 is 0 Å². The summed E-state index contributed by atoms with van der Waals surface area (Å²) in [6.45, 7) is 0.107. The number of fused-ring (bicyclic) bond motifs is 2. The van der Waals surface area contributed by atoms with Crippen LogP contribution in [-0.2, 0) is 6.61 Å². The van der Waals surface area contributed by atoms with E-state index in [1.165, 1.54) is 19.2 Å². The Morgan fingerprint density at radius 2 is 1.97 bits per heavy atom. The zero-order valence-corrected chi connectivity index (χ0v) is 18.3. The average molecular weight is 458 g/mol. The van der Waals surface area contributed by atoms with E-state index in [2.05, 4.69) is 25.6 Å². The Morgan fingerprint density at radius 1 is 1.09 bits per heavy atom. The highest BCUT2D eigenvalue weighted by atomic mass is 19.1. The molecule has 0 atom stereocenters. The number of nitrogens with one attached hydrogen (secondary N) is 1. The summed E-state index contributed by atoms with van der Waals surface area (Å²) < 4.78 is 26.9. The second kappa shape index (κ2) is 8.74. The first-order valence-electron chi connectivity index (χ1n) is 10.4. The number of hydrogen-bond acceptors (Lipinski definition) is 7. The van der Waals surface area contributed by atoms with Crippen molar-refractivity contribution in [2.75, 3.05) is 14.2 Å². The second-order valence-electron chi connectivity index (χ2n) is 7.36. The summed E-state index contributed by atoms with van der Waals surface area (Å²) in [6.07, 6.45) is 1.66. The van der Waals surface area contributed by atoms with Gasteiger partial charge in [0.1, 0.15) is 23.9 Å². The summed E-state index contributed by atoms with van der Waals surface area (Å²) in [5.74, 6) is 0.696. The van der Waals surface area contributed by atoms with Crippen molar-refractivity contribution in [1.82, 2.24) is 30.1 Å². The minimum absolute atomic E-state index is 0.0598. The first-order chi connectivity index (χ1) is 16.6. The molecule has 34 heavy (non-hydrogen) atoms. The summed E-state index contributed by atoms with van der Waals surface area (Å²) >= 11 is 0. The largest absolute Gasteiger partial charge is 0.497 e. The summed E-state index contributed by atoms with van der Waals surface area (Å²) in [7, 11) is 3.05. The fourth-order valence-electron chi connectivity index (χ4n) is 3.57. The molecule has 3 aromatic heterocycles. The number of aromatic nitrogens is 5. The molecule has 0 fully saturated rings. The molecule has 0 saturated heterocycles. The lowest BCUT2D eigenvalue weighted by Crippen LogP contribution is -2.19. The molecule has 3 heterocycles. The molecule has 5 aromatic rings. The van der Waals surface area contributed by atoms with Crippen LogP contribution < -0.4 is 14.8 Å². The van der Waals surface area contributed by atoms with E-state index in [1.54, 1.807) is 42.1 Å². The Morgan fingerprint density at radius 3 is 2.79 bits per heavy atom. The highest BCUT2D eigenvalue weighted by Gasteiger charge is 2.15. The summed E-state index contributed by atoms with van der Waals surface area (Å²) in [4.78, 5) is 16.3. The number of hydrogen-bond donors (Lipinski definition) is 1. The molecule has 0 aliphatic carbocycles. The lowest BCUT2D eigenvalue weighted by molar-refractivity contribution is 0.0959. The number of ether oxygens (including phenoxy) is 2. The second-order valence-corrected chi connectivity index (χ2v) is 7.36. The van der Waals surface area contributed by atoms with Crippen molar-refractivity contribution in [3.05, 3.63) is 78.0 Å². The summed E-state index contributed by atoms with van der Waals surface area (Å²) in [5, 5.41) is 16.2. The molecular formula is C24H19FN6O3. The number of benzene rings is 2. The van der Waals surface area contributed by atoms with Gasteiger partial charge in [0.05, 0.1) is 23.9 Å². The van der Waals surface area contributed by atoms with Gasteiger partial charge in [0.25, 0.3) is 5.91 Å². The maximum Gasteiger partial charge on any atom is 0.254 e. The van der Waals surface area contributed by atoms with Crippen LogP contribution in [0.4, 0.5) is 4.39 Å². The van der Waals surface area contributed by atoms with E-state index in [1.807, 2.05) is 18.2 Å². The van der Waals surface area contributed by atoms with E-state index in [0.29, 0.717) is 34.2 Å². The number of amides is 1. The van der Waals surface area contributed by atoms with Gasteiger partial charge in [0.2, 0.25) is 0 Å².